The molecule has 21 heavy (non-hydrogen) atoms. The third-order valence-electron chi connectivity index (χ3n) is 3.91. The summed E-state index contributed by atoms with van der Waals surface area (Å²) in [6, 6.07) is 12.1. The molecule has 3 aromatic rings. The molecule has 0 aliphatic heterocycles. The molecule has 0 aliphatic rings. The van der Waals surface area contributed by atoms with Crippen LogP contribution in [0.3, 0.4) is 0 Å². The maximum absolute atomic E-state index is 13.3. The van der Waals surface area contributed by atoms with Gasteiger partial charge in [0.15, 0.2) is 0 Å². The smallest absolute Gasteiger partial charge is 0.134 e. The minimum absolute atomic E-state index is 0.264. The molecule has 0 aliphatic carbocycles. The molecule has 2 aromatic carbocycles. The van der Waals surface area contributed by atoms with Crippen LogP contribution in [0.5, 0.6) is 0 Å². The van der Waals surface area contributed by atoms with E-state index in [-0.39, 0.29) is 11.9 Å². The van der Waals surface area contributed by atoms with Crippen molar-refractivity contribution in [1.82, 2.24) is 5.43 Å². The minimum atomic E-state index is -0.279. The van der Waals surface area contributed by atoms with Crippen LogP contribution in [0.15, 0.2) is 46.9 Å². The van der Waals surface area contributed by atoms with Gasteiger partial charge in [0.05, 0.1) is 0 Å². The van der Waals surface area contributed by atoms with Crippen molar-refractivity contribution in [3.05, 3.63) is 70.7 Å². The fraction of sp³-hybridized carbons (Fsp3) is 0.176. The number of nitrogens with one attached hydrogen (secondary N) is 1. The Kier molecular flexibility index (Phi) is 3.49. The SMILES string of the molecule is Cc1cccc(C(NN)c2cc3cc(F)ccc3o2)c1C. The molecule has 0 fully saturated rings. The van der Waals surface area contributed by atoms with Crippen molar-refractivity contribution < 1.29 is 8.81 Å². The second kappa shape index (κ2) is 5.31. The number of hydrogen-bond acceptors (Lipinski definition) is 3. The molecular formula is C17H17FN2O. The molecule has 0 saturated heterocycles. The molecular weight excluding hydrogens is 267 g/mol. The Morgan fingerprint density at radius 3 is 2.71 bits per heavy atom. The molecule has 0 amide bonds. The van der Waals surface area contributed by atoms with Crippen LogP contribution >= 0.6 is 0 Å². The van der Waals surface area contributed by atoms with E-state index in [1.54, 1.807) is 6.07 Å². The molecule has 0 saturated carbocycles. The number of rotatable bonds is 3. The molecule has 3 N–H and O–H groups in total. The topological polar surface area (TPSA) is 51.2 Å². The van der Waals surface area contributed by atoms with E-state index in [0.717, 1.165) is 16.5 Å². The number of fused-ring (bicyclic) bond motifs is 1. The second-order valence-electron chi connectivity index (χ2n) is 5.22. The van der Waals surface area contributed by atoms with Gasteiger partial charge in [0.25, 0.3) is 0 Å². The lowest BCUT2D eigenvalue weighted by molar-refractivity contribution is 0.476. The predicted octanol–water partition coefficient (Wildman–Crippen LogP) is 3.74. The summed E-state index contributed by atoms with van der Waals surface area (Å²) in [6.45, 7) is 4.11. The van der Waals surface area contributed by atoms with Gasteiger partial charge in [0.1, 0.15) is 23.2 Å². The summed E-state index contributed by atoms with van der Waals surface area (Å²) in [6.07, 6.45) is 0. The highest BCUT2D eigenvalue weighted by Gasteiger charge is 2.19. The van der Waals surface area contributed by atoms with Crippen molar-refractivity contribution in [2.24, 2.45) is 5.84 Å². The van der Waals surface area contributed by atoms with Gasteiger partial charge in [-0.05, 0) is 54.8 Å². The first-order chi connectivity index (χ1) is 10.1. The van der Waals surface area contributed by atoms with Gasteiger partial charge >= 0.3 is 0 Å². The van der Waals surface area contributed by atoms with Crippen LogP contribution in [-0.2, 0) is 0 Å². The van der Waals surface area contributed by atoms with E-state index in [1.807, 2.05) is 18.2 Å². The Bertz CT molecular complexity index is 795. The zero-order valence-electron chi connectivity index (χ0n) is 12.0. The van der Waals surface area contributed by atoms with Crippen molar-refractivity contribution >= 4 is 11.0 Å². The fourth-order valence-electron chi connectivity index (χ4n) is 2.59. The van der Waals surface area contributed by atoms with E-state index in [0.29, 0.717) is 11.3 Å². The van der Waals surface area contributed by atoms with Crippen molar-refractivity contribution in [3.8, 4) is 0 Å². The Labute approximate surface area is 122 Å². The highest BCUT2D eigenvalue weighted by molar-refractivity contribution is 5.78. The van der Waals surface area contributed by atoms with E-state index < -0.39 is 0 Å². The number of furan rings is 1. The zero-order valence-corrected chi connectivity index (χ0v) is 12.0. The van der Waals surface area contributed by atoms with Gasteiger partial charge in [-0.15, -0.1) is 0 Å². The normalized spacial score (nSPS) is 12.8. The van der Waals surface area contributed by atoms with Crippen LogP contribution in [-0.4, -0.2) is 0 Å². The molecule has 1 heterocycles. The van der Waals surface area contributed by atoms with Crippen LogP contribution in [0, 0.1) is 19.7 Å². The number of hydrogen-bond donors (Lipinski definition) is 2. The van der Waals surface area contributed by atoms with Gasteiger partial charge in [-0.1, -0.05) is 18.2 Å². The lowest BCUT2D eigenvalue weighted by Gasteiger charge is -2.17. The fourth-order valence-corrected chi connectivity index (χ4v) is 2.59. The number of hydrazine groups is 1. The Hall–Kier alpha value is -2.17. The van der Waals surface area contributed by atoms with E-state index in [4.69, 9.17) is 10.3 Å². The van der Waals surface area contributed by atoms with Crippen molar-refractivity contribution in [3.63, 3.8) is 0 Å². The second-order valence-corrected chi connectivity index (χ2v) is 5.22. The van der Waals surface area contributed by atoms with E-state index in [2.05, 4.69) is 25.3 Å². The maximum atomic E-state index is 13.3. The molecule has 1 atom stereocenters. The summed E-state index contributed by atoms with van der Waals surface area (Å²) in [5.41, 5.74) is 6.84. The third-order valence-corrected chi connectivity index (χ3v) is 3.91. The lowest BCUT2D eigenvalue weighted by atomic mass is 9.96. The van der Waals surface area contributed by atoms with Gasteiger partial charge in [-0.2, -0.15) is 0 Å². The highest BCUT2D eigenvalue weighted by Crippen LogP contribution is 2.30. The van der Waals surface area contributed by atoms with Crippen molar-refractivity contribution in [1.29, 1.82) is 0 Å². The minimum Gasteiger partial charge on any atom is -0.459 e. The van der Waals surface area contributed by atoms with Crippen LogP contribution in [0.1, 0.15) is 28.5 Å². The average Bonchev–Trinajstić information content (AvgIpc) is 2.87. The molecule has 3 nitrogen and oxygen atoms in total. The first-order valence-electron chi connectivity index (χ1n) is 6.81. The number of nitrogens with two attached hydrogens (primary N) is 1. The summed E-state index contributed by atoms with van der Waals surface area (Å²) < 4.78 is 19.1. The van der Waals surface area contributed by atoms with E-state index >= 15 is 0 Å². The summed E-state index contributed by atoms with van der Waals surface area (Å²) in [4.78, 5) is 0. The molecule has 0 spiro atoms. The van der Waals surface area contributed by atoms with Crippen LogP contribution in [0.25, 0.3) is 11.0 Å². The molecule has 3 rings (SSSR count). The van der Waals surface area contributed by atoms with E-state index in [9.17, 15) is 4.39 Å². The van der Waals surface area contributed by atoms with E-state index in [1.165, 1.54) is 17.7 Å². The zero-order chi connectivity index (χ0) is 15.0. The largest absolute Gasteiger partial charge is 0.459 e. The average molecular weight is 284 g/mol. The number of halogens is 1. The maximum Gasteiger partial charge on any atom is 0.134 e. The summed E-state index contributed by atoms with van der Waals surface area (Å²) >= 11 is 0. The van der Waals surface area contributed by atoms with Gasteiger partial charge in [-0.3, -0.25) is 5.84 Å². The van der Waals surface area contributed by atoms with Gasteiger partial charge in [-0.25, -0.2) is 9.82 Å². The molecule has 0 bridgehead atoms. The first kappa shape index (κ1) is 13.8. The lowest BCUT2D eigenvalue weighted by Crippen LogP contribution is -2.29. The molecule has 1 unspecified atom stereocenters. The monoisotopic (exact) mass is 284 g/mol. The van der Waals surface area contributed by atoms with Gasteiger partial charge in [0.2, 0.25) is 0 Å². The predicted molar refractivity (Wildman–Crippen MR) is 81.3 cm³/mol. The number of benzene rings is 2. The van der Waals surface area contributed by atoms with Crippen LogP contribution in [0.4, 0.5) is 4.39 Å². The summed E-state index contributed by atoms with van der Waals surface area (Å²) in [7, 11) is 0. The number of aryl methyl sites for hydroxylation is 1. The van der Waals surface area contributed by atoms with Gasteiger partial charge in [0, 0.05) is 5.39 Å². The third kappa shape index (κ3) is 2.44. The summed E-state index contributed by atoms with van der Waals surface area (Å²) in [5, 5.41) is 0.732. The summed E-state index contributed by atoms with van der Waals surface area (Å²) in [5.74, 6) is 6.12. The Morgan fingerprint density at radius 1 is 1.14 bits per heavy atom. The Balaban J connectivity index is 2.11. The van der Waals surface area contributed by atoms with Gasteiger partial charge < -0.3 is 4.42 Å². The standard InChI is InChI=1S/C17H17FN2O/c1-10-4-3-5-14(11(10)2)17(20-19)16-9-12-8-13(18)6-7-15(12)21-16/h3-9,17,20H,19H2,1-2H3. The van der Waals surface area contributed by atoms with Crippen LogP contribution < -0.4 is 11.3 Å². The first-order valence-corrected chi connectivity index (χ1v) is 6.81. The van der Waals surface area contributed by atoms with Crippen LogP contribution in [0.2, 0.25) is 0 Å². The van der Waals surface area contributed by atoms with Crippen molar-refractivity contribution in [2.45, 2.75) is 19.9 Å². The highest BCUT2D eigenvalue weighted by atomic mass is 19.1. The quantitative estimate of drug-likeness (QED) is 0.569. The molecule has 4 heteroatoms. The molecule has 0 radical (unpaired) electrons. The van der Waals surface area contributed by atoms with Crippen molar-refractivity contribution in [2.75, 3.05) is 0 Å². The Morgan fingerprint density at radius 2 is 1.95 bits per heavy atom. The molecule has 1 aromatic heterocycles. The molecule has 108 valence electrons.